The van der Waals surface area contributed by atoms with Crippen LogP contribution in [0.2, 0.25) is 0 Å². The maximum Gasteiger partial charge on any atom is 0.252 e. The fraction of sp³-hybridized carbons (Fsp3) is 0.652. The number of rotatable bonds is 6. The smallest absolute Gasteiger partial charge is 0.252 e. The van der Waals surface area contributed by atoms with Crippen LogP contribution in [-0.2, 0) is 0 Å². The lowest BCUT2D eigenvalue weighted by Crippen LogP contribution is -2.51. The van der Waals surface area contributed by atoms with Crippen molar-refractivity contribution in [2.45, 2.75) is 55.9 Å². The SMILES string of the molecule is O=C1CCSc2c1cccc2C(=O)NCCCN1CCN(C2CCCCC2)CC1. The van der Waals surface area contributed by atoms with Gasteiger partial charge in [0, 0.05) is 61.4 Å². The summed E-state index contributed by atoms with van der Waals surface area (Å²) >= 11 is 1.63. The van der Waals surface area contributed by atoms with Crippen molar-refractivity contribution in [3.05, 3.63) is 29.3 Å². The Hall–Kier alpha value is -1.37. The van der Waals surface area contributed by atoms with Crippen LogP contribution in [0, 0.1) is 0 Å². The Morgan fingerprint density at radius 3 is 2.69 bits per heavy atom. The zero-order valence-corrected chi connectivity index (χ0v) is 18.1. The van der Waals surface area contributed by atoms with E-state index < -0.39 is 0 Å². The Balaban J connectivity index is 1.18. The molecular formula is C23H33N3O2S. The lowest BCUT2D eigenvalue weighted by atomic mass is 9.94. The van der Waals surface area contributed by atoms with Gasteiger partial charge in [-0.2, -0.15) is 0 Å². The highest BCUT2D eigenvalue weighted by Crippen LogP contribution is 2.33. The highest BCUT2D eigenvalue weighted by atomic mass is 32.2. The van der Waals surface area contributed by atoms with Crippen molar-refractivity contribution >= 4 is 23.5 Å². The molecule has 1 saturated carbocycles. The molecule has 2 fully saturated rings. The van der Waals surface area contributed by atoms with Crippen LogP contribution >= 0.6 is 11.8 Å². The second-order valence-electron chi connectivity index (χ2n) is 8.48. The standard InChI is InChI=1S/C23H33N3O2S/c27-21-10-17-29-22-19(21)8-4-9-20(22)23(28)24-11-5-12-25-13-15-26(16-14-25)18-6-2-1-3-7-18/h4,8-9,18H,1-3,5-7,10-17H2,(H,24,28). The van der Waals surface area contributed by atoms with E-state index in [1.807, 2.05) is 18.2 Å². The number of Topliss-reactive ketones (excluding diaryl/α,β-unsaturated/α-hetero) is 1. The third-order valence-corrected chi connectivity index (χ3v) is 7.71. The molecule has 29 heavy (non-hydrogen) atoms. The Kier molecular flexibility index (Phi) is 7.27. The minimum Gasteiger partial charge on any atom is -0.352 e. The molecule has 0 radical (unpaired) electrons. The molecule has 0 unspecified atom stereocenters. The number of carbonyl (C=O) groups is 2. The van der Waals surface area contributed by atoms with Crippen LogP contribution in [0.1, 0.15) is 65.7 Å². The summed E-state index contributed by atoms with van der Waals surface area (Å²) in [6.07, 6.45) is 8.54. The second-order valence-corrected chi connectivity index (χ2v) is 9.59. The zero-order valence-electron chi connectivity index (χ0n) is 17.3. The Morgan fingerprint density at radius 1 is 1.10 bits per heavy atom. The number of nitrogens with zero attached hydrogens (tertiary/aromatic N) is 2. The van der Waals surface area contributed by atoms with E-state index in [2.05, 4.69) is 15.1 Å². The van der Waals surface area contributed by atoms with Gasteiger partial charge in [0.2, 0.25) is 0 Å². The molecule has 4 rings (SSSR count). The van der Waals surface area contributed by atoms with Gasteiger partial charge in [0.25, 0.3) is 5.91 Å². The maximum absolute atomic E-state index is 12.6. The molecule has 1 aliphatic carbocycles. The van der Waals surface area contributed by atoms with E-state index in [1.165, 1.54) is 45.2 Å². The first kappa shape index (κ1) is 20.9. The van der Waals surface area contributed by atoms with Crippen LogP contribution in [-0.4, -0.2) is 72.6 Å². The van der Waals surface area contributed by atoms with Crippen molar-refractivity contribution in [2.24, 2.45) is 0 Å². The van der Waals surface area contributed by atoms with Crippen LogP contribution < -0.4 is 5.32 Å². The van der Waals surface area contributed by atoms with Crippen LogP contribution in [0.25, 0.3) is 0 Å². The van der Waals surface area contributed by atoms with Crippen molar-refractivity contribution < 1.29 is 9.59 Å². The first-order chi connectivity index (χ1) is 14.2. The maximum atomic E-state index is 12.6. The van der Waals surface area contributed by atoms with Gasteiger partial charge in [0.15, 0.2) is 5.78 Å². The van der Waals surface area contributed by atoms with E-state index in [4.69, 9.17) is 0 Å². The summed E-state index contributed by atoms with van der Waals surface area (Å²) in [5.74, 6) is 0.870. The van der Waals surface area contributed by atoms with Gasteiger partial charge in [-0.05, 0) is 31.9 Å². The summed E-state index contributed by atoms with van der Waals surface area (Å²) in [5.41, 5.74) is 1.37. The molecule has 0 spiro atoms. The first-order valence-corrected chi connectivity index (χ1v) is 12.2. The third-order valence-electron chi connectivity index (χ3n) is 6.57. The summed E-state index contributed by atoms with van der Waals surface area (Å²) < 4.78 is 0. The third kappa shape index (κ3) is 5.22. The highest BCUT2D eigenvalue weighted by molar-refractivity contribution is 7.99. The number of fused-ring (bicyclic) bond motifs is 1. The molecule has 5 nitrogen and oxygen atoms in total. The Morgan fingerprint density at radius 2 is 1.90 bits per heavy atom. The average Bonchev–Trinajstić information content (AvgIpc) is 2.77. The quantitative estimate of drug-likeness (QED) is 0.722. The van der Waals surface area contributed by atoms with E-state index in [0.717, 1.165) is 42.7 Å². The normalized spacial score (nSPS) is 21.7. The molecule has 1 N–H and O–H groups in total. The van der Waals surface area contributed by atoms with Gasteiger partial charge < -0.3 is 10.2 Å². The Bertz CT molecular complexity index is 725. The van der Waals surface area contributed by atoms with Gasteiger partial charge in [0.05, 0.1) is 5.56 Å². The number of nitrogens with one attached hydrogen (secondary N) is 1. The van der Waals surface area contributed by atoms with Gasteiger partial charge >= 0.3 is 0 Å². The zero-order chi connectivity index (χ0) is 20.1. The molecule has 0 atom stereocenters. The van der Waals surface area contributed by atoms with Crippen LogP contribution in [0.5, 0.6) is 0 Å². The number of amides is 1. The largest absolute Gasteiger partial charge is 0.352 e. The van der Waals surface area contributed by atoms with Crippen molar-refractivity contribution in [1.82, 2.24) is 15.1 Å². The number of thioether (sulfide) groups is 1. The molecule has 1 amide bonds. The molecule has 1 saturated heterocycles. The lowest BCUT2D eigenvalue weighted by Gasteiger charge is -2.40. The second kappa shape index (κ2) is 10.1. The van der Waals surface area contributed by atoms with E-state index in [9.17, 15) is 9.59 Å². The predicted molar refractivity (Wildman–Crippen MR) is 118 cm³/mol. The summed E-state index contributed by atoms with van der Waals surface area (Å²) in [6.45, 7) is 6.41. The molecule has 2 aliphatic heterocycles. The summed E-state index contributed by atoms with van der Waals surface area (Å²) in [4.78, 5) is 30.8. The van der Waals surface area contributed by atoms with E-state index in [0.29, 0.717) is 24.1 Å². The molecule has 1 aromatic carbocycles. The molecule has 1 aromatic rings. The van der Waals surface area contributed by atoms with Gasteiger partial charge in [-0.1, -0.05) is 31.4 Å². The van der Waals surface area contributed by atoms with E-state index in [1.54, 1.807) is 11.8 Å². The summed E-state index contributed by atoms with van der Waals surface area (Å²) in [6, 6.07) is 6.33. The van der Waals surface area contributed by atoms with Gasteiger partial charge in [-0.3, -0.25) is 14.5 Å². The van der Waals surface area contributed by atoms with Crippen LogP contribution in [0.3, 0.4) is 0 Å². The van der Waals surface area contributed by atoms with E-state index >= 15 is 0 Å². The highest BCUT2D eigenvalue weighted by Gasteiger charge is 2.25. The fourth-order valence-corrected chi connectivity index (χ4v) is 6.01. The minimum absolute atomic E-state index is 0.0498. The molecule has 3 aliphatic rings. The molecule has 0 aromatic heterocycles. The summed E-state index contributed by atoms with van der Waals surface area (Å²) in [5, 5.41) is 3.06. The number of ketones is 1. The molecule has 0 bridgehead atoms. The monoisotopic (exact) mass is 415 g/mol. The molecule has 2 heterocycles. The van der Waals surface area contributed by atoms with Crippen molar-refractivity contribution in [1.29, 1.82) is 0 Å². The number of hydrogen-bond acceptors (Lipinski definition) is 5. The number of carbonyl (C=O) groups excluding carboxylic acids is 2. The first-order valence-electron chi connectivity index (χ1n) is 11.3. The molecule has 6 heteroatoms. The Labute approximate surface area is 178 Å². The summed E-state index contributed by atoms with van der Waals surface area (Å²) in [7, 11) is 0. The fourth-order valence-electron chi connectivity index (χ4n) is 4.87. The van der Waals surface area contributed by atoms with Crippen LogP contribution in [0.15, 0.2) is 23.1 Å². The number of piperazine rings is 1. The minimum atomic E-state index is -0.0498. The van der Waals surface area contributed by atoms with Crippen molar-refractivity contribution in [3.63, 3.8) is 0 Å². The molecule has 158 valence electrons. The van der Waals surface area contributed by atoms with Crippen molar-refractivity contribution in [2.75, 3.05) is 45.0 Å². The predicted octanol–water partition coefficient (Wildman–Crippen LogP) is 3.44. The van der Waals surface area contributed by atoms with Crippen LogP contribution in [0.4, 0.5) is 0 Å². The van der Waals surface area contributed by atoms with Gasteiger partial charge in [-0.25, -0.2) is 0 Å². The molecular weight excluding hydrogens is 382 g/mol. The average molecular weight is 416 g/mol. The van der Waals surface area contributed by atoms with E-state index in [-0.39, 0.29) is 11.7 Å². The van der Waals surface area contributed by atoms with Crippen molar-refractivity contribution in [3.8, 4) is 0 Å². The lowest BCUT2D eigenvalue weighted by molar-refractivity contribution is 0.0779. The topological polar surface area (TPSA) is 52.7 Å². The number of hydrogen-bond donors (Lipinski definition) is 1. The van der Waals surface area contributed by atoms with Gasteiger partial charge in [0.1, 0.15) is 0 Å². The van der Waals surface area contributed by atoms with Gasteiger partial charge in [-0.15, -0.1) is 11.8 Å². The number of benzene rings is 1.